The summed E-state index contributed by atoms with van der Waals surface area (Å²) >= 11 is 5.82. The Morgan fingerprint density at radius 1 is 1.30 bits per heavy atom. The molecule has 2 atom stereocenters. The monoisotopic (exact) mass is 297 g/mol. The lowest BCUT2D eigenvalue weighted by Crippen LogP contribution is -2.50. The third kappa shape index (κ3) is 2.78. The molecule has 1 aromatic carbocycles. The number of halogens is 1. The third-order valence-electron chi connectivity index (χ3n) is 3.62. The Morgan fingerprint density at radius 3 is 2.25 bits per heavy atom. The molecule has 0 saturated heterocycles. The van der Waals surface area contributed by atoms with Gasteiger partial charge in [-0.1, -0.05) is 23.7 Å². The Morgan fingerprint density at radius 2 is 1.85 bits per heavy atom. The summed E-state index contributed by atoms with van der Waals surface area (Å²) in [5.41, 5.74) is 0.127. The van der Waals surface area contributed by atoms with E-state index >= 15 is 0 Å². The van der Waals surface area contributed by atoms with Gasteiger partial charge in [0.2, 0.25) is 5.91 Å². The number of rotatable bonds is 5. The summed E-state index contributed by atoms with van der Waals surface area (Å²) in [5, 5.41) is 21.4. The Hall–Kier alpha value is -1.59. The van der Waals surface area contributed by atoms with Gasteiger partial charge in [0.1, 0.15) is 0 Å². The quantitative estimate of drug-likeness (QED) is 0.765. The van der Waals surface area contributed by atoms with Crippen molar-refractivity contribution in [2.24, 2.45) is 0 Å². The molecule has 2 unspecified atom stereocenters. The minimum absolute atomic E-state index is 0.367. The van der Waals surface area contributed by atoms with Crippen LogP contribution < -0.4 is 5.32 Å². The first kappa shape index (κ1) is 14.8. The number of nitrogens with one attached hydrogen (secondary N) is 1. The van der Waals surface area contributed by atoms with Gasteiger partial charge in [-0.3, -0.25) is 4.79 Å². The summed E-state index contributed by atoms with van der Waals surface area (Å²) < 4.78 is 0. The second-order valence-electron chi connectivity index (χ2n) is 5.12. The zero-order chi connectivity index (χ0) is 14.9. The van der Waals surface area contributed by atoms with E-state index in [2.05, 4.69) is 5.32 Å². The van der Waals surface area contributed by atoms with Crippen molar-refractivity contribution in [3.8, 4) is 0 Å². The molecular weight excluding hydrogens is 282 g/mol. The van der Waals surface area contributed by atoms with E-state index in [1.165, 1.54) is 6.92 Å². The molecule has 0 bridgehead atoms. The van der Waals surface area contributed by atoms with Crippen LogP contribution in [-0.4, -0.2) is 34.2 Å². The lowest BCUT2D eigenvalue weighted by Gasteiger charge is -2.21. The molecule has 0 aliphatic heterocycles. The first-order valence-corrected chi connectivity index (χ1v) is 6.72. The van der Waals surface area contributed by atoms with E-state index in [-0.39, 0.29) is 5.91 Å². The molecule has 1 saturated carbocycles. The van der Waals surface area contributed by atoms with Gasteiger partial charge in [-0.05, 0) is 37.5 Å². The highest BCUT2D eigenvalue weighted by Gasteiger charge is 2.52. The van der Waals surface area contributed by atoms with E-state index in [9.17, 15) is 14.7 Å². The zero-order valence-corrected chi connectivity index (χ0v) is 11.7. The van der Waals surface area contributed by atoms with Crippen molar-refractivity contribution in [1.29, 1.82) is 0 Å². The molecule has 1 aliphatic carbocycles. The molecule has 6 heteroatoms. The summed E-state index contributed by atoms with van der Waals surface area (Å²) in [6.07, 6.45) is 0.164. The van der Waals surface area contributed by atoms with E-state index in [1.807, 2.05) is 0 Å². The van der Waals surface area contributed by atoms with E-state index in [0.717, 1.165) is 5.56 Å². The molecule has 108 valence electrons. The van der Waals surface area contributed by atoms with Gasteiger partial charge in [0.05, 0.1) is 11.5 Å². The van der Waals surface area contributed by atoms with Crippen molar-refractivity contribution >= 4 is 23.5 Å². The molecular formula is C14H16ClNO4. The van der Waals surface area contributed by atoms with Crippen LogP contribution in [0.3, 0.4) is 0 Å². The number of hydrogen-bond acceptors (Lipinski definition) is 3. The van der Waals surface area contributed by atoms with Crippen LogP contribution in [0.25, 0.3) is 0 Å². The van der Waals surface area contributed by atoms with Gasteiger partial charge in [-0.2, -0.15) is 0 Å². The summed E-state index contributed by atoms with van der Waals surface area (Å²) in [7, 11) is 0. The number of carboxylic acid groups (broad SMARTS) is 1. The molecule has 0 spiro atoms. The second-order valence-corrected chi connectivity index (χ2v) is 5.56. The van der Waals surface area contributed by atoms with Gasteiger partial charge >= 0.3 is 5.97 Å². The number of aliphatic hydroxyl groups is 1. The van der Waals surface area contributed by atoms with Gasteiger partial charge in [0, 0.05) is 5.02 Å². The largest absolute Gasteiger partial charge is 0.480 e. The number of aliphatic carboxylic acids is 1. The van der Waals surface area contributed by atoms with Crippen LogP contribution in [0.5, 0.6) is 0 Å². The maximum Gasteiger partial charge on any atom is 0.328 e. The summed E-state index contributed by atoms with van der Waals surface area (Å²) in [6, 6.07) is 5.65. The minimum Gasteiger partial charge on any atom is -0.480 e. The Labute approximate surface area is 121 Å². The van der Waals surface area contributed by atoms with Crippen LogP contribution in [0.2, 0.25) is 5.02 Å². The van der Waals surface area contributed by atoms with E-state index < -0.39 is 23.5 Å². The third-order valence-corrected chi connectivity index (χ3v) is 3.87. The van der Waals surface area contributed by atoms with E-state index in [0.29, 0.717) is 17.9 Å². The van der Waals surface area contributed by atoms with Gasteiger partial charge < -0.3 is 15.5 Å². The normalized spacial score (nSPS) is 18.9. The van der Waals surface area contributed by atoms with Gasteiger partial charge in [-0.25, -0.2) is 4.79 Å². The Balaban J connectivity index is 2.16. The fourth-order valence-corrected chi connectivity index (χ4v) is 2.33. The molecule has 1 fully saturated rings. The lowest BCUT2D eigenvalue weighted by atomic mass is 9.94. The number of carbonyl (C=O) groups excluding carboxylic acids is 1. The molecule has 0 radical (unpaired) electrons. The number of benzene rings is 1. The van der Waals surface area contributed by atoms with Crippen LogP contribution in [0.4, 0.5) is 0 Å². The first-order chi connectivity index (χ1) is 9.36. The van der Waals surface area contributed by atoms with Crippen molar-refractivity contribution in [3.63, 3.8) is 0 Å². The predicted molar refractivity (Wildman–Crippen MR) is 73.6 cm³/mol. The highest BCUT2D eigenvalue weighted by molar-refractivity contribution is 6.30. The van der Waals surface area contributed by atoms with Crippen molar-refractivity contribution in [2.45, 2.75) is 37.3 Å². The Bertz CT molecular complexity index is 522. The molecule has 1 amide bonds. The molecule has 1 aromatic rings. The molecule has 0 heterocycles. The van der Waals surface area contributed by atoms with Gasteiger partial charge in [0.15, 0.2) is 6.04 Å². The average Bonchev–Trinajstić information content (AvgIpc) is 3.17. The predicted octanol–water partition coefficient (Wildman–Crippen LogP) is 1.32. The molecule has 2 rings (SSSR count). The minimum atomic E-state index is -1.30. The SMILES string of the molecule is CC(O)C(NC(=O)C1(c2ccc(Cl)cc2)CC1)C(=O)O. The highest BCUT2D eigenvalue weighted by Crippen LogP contribution is 2.48. The number of carbonyl (C=O) groups is 2. The van der Waals surface area contributed by atoms with Crippen molar-refractivity contribution in [3.05, 3.63) is 34.9 Å². The fourth-order valence-electron chi connectivity index (χ4n) is 2.21. The highest BCUT2D eigenvalue weighted by atomic mass is 35.5. The second kappa shape index (κ2) is 5.42. The molecule has 3 N–H and O–H groups in total. The van der Waals surface area contributed by atoms with E-state index in [4.69, 9.17) is 16.7 Å². The topological polar surface area (TPSA) is 86.6 Å². The standard InChI is InChI=1S/C14H16ClNO4/c1-8(17)11(12(18)19)16-13(20)14(6-7-14)9-2-4-10(15)5-3-9/h2-5,8,11,17H,6-7H2,1H3,(H,16,20)(H,18,19). The van der Waals surface area contributed by atoms with Crippen LogP contribution in [-0.2, 0) is 15.0 Å². The van der Waals surface area contributed by atoms with Crippen LogP contribution >= 0.6 is 11.6 Å². The average molecular weight is 298 g/mol. The number of amides is 1. The van der Waals surface area contributed by atoms with Crippen molar-refractivity contribution < 1.29 is 19.8 Å². The maximum atomic E-state index is 12.3. The maximum absolute atomic E-state index is 12.3. The summed E-state index contributed by atoms with van der Waals surface area (Å²) in [6.45, 7) is 1.33. The van der Waals surface area contributed by atoms with Crippen molar-refractivity contribution in [1.82, 2.24) is 5.32 Å². The van der Waals surface area contributed by atoms with Crippen molar-refractivity contribution in [2.75, 3.05) is 0 Å². The number of aliphatic hydroxyl groups excluding tert-OH is 1. The molecule has 5 nitrogen and oxygen atoms in total. The molecule has 0 aromatic heterocycles. The molecule has 1 aliphatic rings. The van der Waals surface area contributed by atoms with Crippen LogP contribution in [0.1, 0.15) is 25.3 Å². The smallest absolute Gasteiger partial charge is 0.328 e. The van der Waals surface area contributed by atoms with Crippen LogP contribution in [0, 0.1) is 0 Å². The molecule has 20 heavy (non-hydrogen) atoms. The first-order valence-electron chi connectivity index (χ1n) is 6.35. The zero-order valence-electron chi connectivity index (χ0n) is 11.0. The van der Waals surface area contributed by atoms with Crippen LogP contribution in [0.15, 0.2) is 24.3 Å². The van der Waals surface area contributed by atoms with Gasteiger partial charge in [-0.15, -0.1) is 0 Å². The fraction of sp³-hybridized carbons (Fsp3) is 0.429. The van der Waals surface area contributed by atoms with E-state index in [1.54, 1.807) is 24.3 Å². The Kier molecular flexibility index (Phi) is 4.01. The lowest BCUT2D eigenvalue weighted by molar-refractivity contribution is -0.145. The number of carboxylic acids is 1. The summed E-state index contributed by atoms with van der Waals surface area (Å²) in [4.78, 5) is 23.3. The van der Waals surface area contributed by atoms with Gasteiger partial charge in [0.25, 0.3) is 0 Å². The number of hydrogen-bond donors (Lipinski definition) is 3. The summed E-state index contributed by atoms with van der Waals surface area (Å²) in [5.74, 6) is -1.62.